The Hall–Kier alpha value is -2.34. The van der Waals surface area contributed by atoms with Crippen LogP contribution in [0.2, 0.25) is 0 Å². The lowest BCUT2D eigenvalue weighted by atomic mass is 10.2. The zero-order valence-corrected chi connectivity index (χ0v) is 11.6. The Bertz CT molecular complexity index is 758. The van der Waals surface area contributed by atoms with Crippen LogP contribution in [-0.4, -0.2) is 20.5 Å². The van der Waals surface area contributed by atoms with Gasteiger partial charge >= 0.3 is 5.97 Å². The maximum Gasteiger partial charge on any atom is 0.347 e. The molecule has 0 spiro atoms. The molecule has 0 fully saturated rings. The summed E-state index contributed by atoms with van der Waals surface area (Å²) in [5.74, 6) is -0.241. The number of rotatable bonds is 4. The van der Waals surface area contributed by atoms with E-state index in [4.69, 9.17) is 4.74 Å². The number of aromatic nitrogens is 2. The molecule has 0 atom stereocenters. The molecule has 0 saturated heterocycles. The number of thiazole rings is 1. The Morgan fingerprint density at radius 1 is 1.40 bits per heavy atom. The molecule has 3 aromatic rings. The van der Waals surface area contributed by atoms with E-state index in [0.29, 0.717) is 16.4 Å². The van der Waals surface area contributed by atoms with Crippen molar-refractivity contribution in [3.05, 3.63) is 52.8 Å². The van der Waals surface area contributed by atoms with Crippen LogP contribution in [0.1, 0.15) is 20.9 Å². The normalized spacial score (nSPS) is 10.8. The van der Waals surface area contributed by atoms with Crippen molar-refractivity contribution >= 4 is 22.3 Å². The Labute approximate surface area is 119 Å². The highest BCUT2D eigenvalue weighted by Crippen LogP contribution is 2.24. The third-order valence-corrected chi connectivity index (χ3v) is 4.04. The zero-order chi connectivity index (χ0) is 14.1. The van der Waals surface area contributed by atoms with E-state index < -0.39 is 5.97 Å². The second-order valence-corrected chi connectivity index (χ2v) is 5.34. The summed E-state index contributed by atoms with van der Waals surface area (Å²) in [7, 11) is 0. The van der Waals surface area contributed by atoms with Crippen LogP contribution in [0.25, 0.3) is 4.96 Å². The van der Waals surface area contributed by atoms with Crippen LogP contribution in [-0.2, 0) is 6.61 Å². The summed E-state index contributed by atoms with van der Waals surface area (Å²) in [6.45, 7) is 2.20. The predicted molar refractivity (Wildman–Crippen MR) is 75.5 cm³/mol. The van der Waals surface area contributed by atoms with Crippen LogP contribution in [0.15, 0.2) is 36.7 Å². The number of aryl methyl sites for hydroxylation is 1. The lowest BCUT2D eigenvalue weighted by molar-refractivity contribution is 0.0699. The number of ether oxygens (including phenoxy) is 1. The summed E-state index contributed by atoms with van der Waals surface area (Å²) in [5, 5.41) is 9.23. The highest BCUT2D eigenvalue weighted by atomic mass is 32.1. The van der Waals surface area contributed by atoms with Crippen LogP contribution in [0.5, 0.6) is 5.75 Å². The van der Waals surface area contributed by atoms with Crippen molar-refractivity contribution in [3.8, 4) is 5.75 Å². The maximum absolute atomic E-state index is 11.3. The number of carboxylic acid groups (broad SMARTS) is 1. The molecule has 0 bridgehead atoms. The molecule has 2 aromatic heterocycles. The molecule has 0 aliphatic carbocycles. The summed E-state index contributed by atoms with van der Waals surface area (Å²) < 4.78 is 7.42. The quantitative estimate of drug-likeness (QED) is 0.801. The van der Waals surface area contributed by atoms with Gasteiger partial charge in [-0.15, -0.1) is 0 Å². The average molecular weight is 288 g/mol. The Morgan fingerprint density at radius 2 is 2.15 bits per heavy atom. The number of hydrogen-bond donors (Lipinski definition) is 1. The van der Waals surface area contributed by atoms with Crippen LogP contribution < -0.4 is 4.74 Å². The van der Waals surface area contributed by atoms with Gasteiger partial charge in [0.05, 0.1) is 5.69 Å². The fourth-order valence-corrected chi connectivity index (χ4v) is 2.85. The minimum atomic E-state index is -0.956. The van der Waals surface area contributed by atoms with Gasteiger partial charge in [0.15, 0.2) is 4.96 Å². The number of hydrogen-bond acceptors (Lipinski definition) is 4. The summed E-state index contributed by atoms with van der Waals surface area (Å²) >= 11 is 1.15. The molecular formula is C14H12N2O3S. The first-order valence-corrected chi connectivity index (χ1v) is 6.84. The Balaban J connectivity index is 1.89. The van der Waals surface area contributed by atoms with Crippen molar-refractivity contribution in [2.45, 2.75) is 13.5 Å². The first kappa shape index (κ1) is 12.7. The van der Waals surface area contributed by atoms with Gasteiger partial charge in [0.2, 0.25) is 0 Å². The first-order valence-electron chi connectivity index (χ1n) is 6.02. The molecule has 0 unspecified atom stereocenters. The average Bonchev–Trinajstić information content (AvgIpc) is 2.99. The molecule has 3 rings (SSSR count). The number of carboxylic acids is 1. The van der Waals surface area contributed by atoms with E-state index in [2.05, 4.69) is 4.98 Å². The molecule has 102 valence electrons. The molecule has 5 nitrogen and oxygen atoms in total. The largest absolute Gasteiger partial charge is 0.487 e. The van der Waals surface area contributed by atoms with Crippen LogP contribution in [0, 0.1) is 6.92 Å². The lowest BCUT2D eigenvalue weighted by Gasteiger charge is -2.06. The van der Waals surface area contributed by atoms with E-state index in [1.165, 1.54) is 0 Å². The SMILES string of the molecule is Cc1ccc(OCc2c(C(=O)O)sc3nccn23)cc1. The second-order valence-electron chi connectivity index (χ2n) is 4.36. The molecule has 0 amide bonds. The number of nitrogens with zero attached hydrogens (tertiary/aromatic N) is 2. The lowest BCUT2D eigenvalue weighted by Crippen LogP contribution is -2.05. The van der Waals surface area contributed by atoms with Crippen LogP contribution in [0.3, 0.4) is 0 Å². The molecule has 1 aromatic carbocycles. The highest BCUT2D eigenvalue weighted by Gasteiger charge is 2.18. The summed E-state index contributed by atoms with van der Waals surface area (Å²) in [6, 6.07) is 7.64. The van der Waals surface area contributed by atoms with Gasteiger partial charge in [0.1, 0.15) is 17.2 Å². The summed E-state index contributed by atoms with van der Waals surface area (Å²) in [4.78, 5) is 16.3. The fraction of sp³-hybridized carbons (Fsp3) is 0.143. The predicted octanol–water partition coefficient (Wildman–Crippen LogP) is 2.98. The highest BCUT2D eigenvalue weighted by molar-refractivity contribution is 7.18. The number of fused-ring (bicyclic) bond motifs is 1. The van der Waals surface area contributed by atoms with Gasteiger partial charge < -0.3 is 9.84 Å². The monoisotopic (exact) mass is 288 g/mol. The molecule has 2 heterocycles. The van der Waals surface area contributed by atoms with Crippen molar-refractivity contribution in [3.63, 3.8) is 0 Å². The van der Waals surface area contributed by atoms with E-state index >= 15 is 0 Å². The van der Waals surface area contributed by atoms with Crippen molar-refractivity contribution in [2.75, 3.05) is 0 Å². The van der Waals surface area contributed by atoms with Gasteiger partial charge in [-0.25, -0.2) is 9.78 Å². The van der Waals surface area contributed by atoms with Crippen LogP contribution in [0.4, 0.5) is 0 Å². The summed E-state index contributed by atoms with van der Waals surface area (Å²) in [5.41, 5.74) is 1.76. The fourth-order valence-electron chi connectivity index (χ4n) is 1.92. The minimum absolute atomic E-state index is 0.195. The third kappa shape index (κ3) is 2.25. The van der Waals surface area contributed by atoms with E-state index in [1.54, 1.807) is 16.8 Å². The molecule has 20 heavy (non-hydrogen) atoms. The van der Waals surface area contributed by atoms with Crippen molar-refractivity contribution < 1.29 is 14.6 Å². The van der Waals surface area contributed by atoms with Gasteiger partial charge in [-0.1, -0.05) is 29.0 Å². The molecule has 0 saturated carbocycles. The van der Waals surface area contributed by atoms with E-state index in [-0.39, 0.29) is 11.5 Å². The van der Waals surface area contributed by atoms with Gasteiger partial charge in [0, 0.05) is 12.4 Å². The van der Waals surface area contributed by atoms with Crippen molar-refractivity contribution in [1.82, 2.24) is 9.38 Å². The molecule has 0 aliphatic heterocycles. The van der Waals surface area contributed by atoms with Crippen molar-refractivity contribution in [1.29, 1.82) is 0 Å². The zero-order valence-electron chi connectivity index (χ0n) is 10.7. The number of benzene rings is 1. The smallest absolute Gasteiger partial charge is 0.347 e. The third-order valence-electron chi connectivity index (χ3n) is 2.94. The first-order chi connectivity index (χ1) is 9.65. The number of carbonyl (C=O) groups is 1. The summed E-state index contributed by atoms with van der Waals surface area (Å²) in [6.07, 6.45) is 3.39. The second kappa shape index (κ2) is 4.97. The van der Waals surface area contributed by atoms with Gasteiger partial charge in [-0.2, -0.15) is 0 Å². The van der Waals surface area contributed by atoms with E-state index in [0.717, 1.165) is 16.9 Å². The topological polar surface area (TPSA) is 63.8 Å². The Morgan fingerprint density at radius 3 is 2.85 bits per heavy atom. The van der Waals surface area contributed by atoms with Crippen molar-refractivity contribution in [2.24, 2.45) is 0 Å². The molecule has 6 heteroatoms. The van der Waals surface area contributed by atoms with Gasteiger partial charge in [-0.05, 0) is 19.1 Å². The van der Waals surface area contributed by atoms with Crippen LogP contribution >= 0.6 is 11.3 Å². The maximum atomic E-state index is 11.3. The van der Waals surface area contributed by atoms with Gasteiger partial charge in [-0.3, -0.25) is 4.40 Å². The molecule has 1 N–H and O–H groups in total. The molecule has 0 aliphatic rings. The minimum Gasteiger partial charge on any atom is -0.487 e. The number of aromatic carboxylic acids is 1. The van der Waals surface area contributed by atoms with E-state index in [1.807, 2.05) is 31.2 Å². The standard InChI is InChI=1S/C14H12N2O3S/c1-9-2-4-10(5-3-9)19-8-11-12(13(17)18)20-14-15-6-7-16(11)14/h2-7H,8H2,1H3,(H,17,18). The molecular weight excluding hydrogens is 276 g/mol. The number of imidazole rings is 1. The Kier molecular flexibility index (Phi) is 3.15. The van der Waals surface area contributed by atoms with E-state index in [9.17, 15) is 9.90 Å². The molecule has 0 radical (unpaired) electrons. The van der Waals surface area contributed by atoms with Gasteiger partial charge in [0.25, 0.3) is 0 Å².